The first-order valence-electron chi connectivity index (χ1n) is 5.34. The smallest absolute Gasteiger partial charge is 0.325 e. The van der Waals surface area contributed by atoms with Crippen LogP contribution < -0.4 is 0 Å². The summed E-state index contributed by atoms with van der Waals surface area (Å²) in [5, 5.41) is 0. The minimum Gasteiger partial charge on any atom is -0.469 e. The quantitative estimate of drug-likeness (QED) is 0.625. The van der Waals surface area contributed by atoms with E-state index in [1.54, 1.807) is 13.8 Å². The normalized spacial score (nSPS) is 9.94. The van der Waals surface area contributed by atoms with E-state index in [1.807, 2.05) is 0 Å². The fraction of sp³-hybridized carbons (Fsp3) is 0.727. The monoisotopic (exact) mass is 245 g/mol. The van der Waals surface area contributed by atoms with Crippen molar-refractivity contribution in [2.24, 2.45) is 5.92 Å². The Balaban J connectivity index is 4.45. The average molecular weight is 245 g/mol. The van der Waals surface area contributed by atoms with Gasteiger partial charge in [-0.3, -0.25) is 14.4 Å². The predicted molar refractivity (Wildman–Crippen MR) is 60.1 cm³/mol. The molecule has 0 rings (SSSR count). The van der Waals surface area contributed by atoms with Crippen molar-refractivity contribution in [2.75, 3.05) is 27.3 Å². The average Bonchev–Trinajstić information content (AvgIpc) is 2.32. The Morgan fingerprint density at radius 1 is 1.06 bits per heavy atom. The largest absolute Gasteiger partial charge is 0.469 e. The number of ether oxygens (including phenoxy) is 2. The molecule has 0 atom stereocenters. The molecule has 0 saturated carbocycles. The molecule has 0 aromatic rings. The number of amides is 1. The van der Waals surface area contributed by atoms with E-state index in [0.717, 1.165) is 0 Å². The van der Waals surface area contributed by atoms with Gasteiger partial charge in [0.05, 0.1) is 20.6 Å². The topological polar surface area (TPSA) is 72.9 Å². The maximum Gasteiger partial charge on any atom is 0.325 e. The summed E-state index contributed by atoms with van der Waals surface area (Å²) in [6.45, 7) is 3.46. The summed E-state index contributed by atoms with van der Waals surface area (Å²) in [5.74, 6) is -1.36. The summed E-state index contributed by atoms with van der Waals surface area (Å²) in [7, 11) is 2.53. The van der Waals surface area contributed by atoms with Gasteiger partial charge in [-0.2, -0.15) is 0 Å². The van der Waals surface area contributed by atoms with Gasteiger partial charge in [-0.25, -0.2) is 0 Å². The molecule has 0 bridgehead atoms. The molecule has 0 saturated heterocycles. The lowest BCUT2D eigenvalue weighted by Gasteiger charge is -2.22. The first kappa shape index (κ1) is 15.4. The lowest BCUT2D eigenvalue weighted by molar-refractivity contribution is -0.149. The lowest BCUT2D eigenvalue weighted by Crippen LogP contribution is -2.40. The molecular formula is C11H19NO5. The van der Waals surface area contributed by atoms with E-state index in [-0.39, 0.29) is 31.3 Å². The maximum atomic E-state index is 11.8. The van der Waals surface area contributed by atoms with E-state index < -0.39 is 11.9 Å². The fourth-order valence-corrected chi connectivity index (χ4v) is 1.18. The van der Waals surface area contributed by atoms with Crippen LogP contribution >= 0.6 is 0 Å². The third kappa shape index (κ3) is 5.89. The van der Waals surface area contributed by atoms with Gasteiger partial charge in [0.1, 0.15) is 6.54 Å². The molecule has 0 aliphatic heterocycles. The zero-order valence-corrected chi connectivity index (χ0v) is 10.7. The highest BCUT2D eigenvalue weighted by Crippen LogP contribution is 2.03. The van der Waals surface area contributed by atoms with Gasteiger partial charge in [0.2, 0.25) is 5.91 Å². The molecule has 0 heterocycles. The van der Waals surface area contributed by atoms with E-state index >= 15 is 0 Å². The van der Waals surface area contributed by atoms with E-state index in [2.05, 4.69) is 9.47 Å². The molecule has 98 valence electrons. The molecule has 0 spiro atoms. The van der Waals surface area contributed by atoms with Gasteiger partial charge in [0, 0.05) is 12.5 Å². The van der Waals surface area contributed by atoms with Gasteiger partial charge in [-0.15, -0.1) is 0 Å². The summed E-state index contributed by atoms with van der Waals surface area (Å²) in [4.78, 5) is 35.2. The highest BCUT2D eigenvalue weighted by Gasteiger charge is 2.20. The summed E-state index contributed by atoms with van der Waals surface area (Å²) >= 11 is 0. The first-order chi connectivity index (χ1) is 7.92. The molecule has 1 amide bonds. The molecule has 0 aromatic heterocycles. The third-order valence-corrected chi connectivity index (χ3v) is 2.17. The van der Waals surface area contributed by atoms with Crippen LogP contribution in [-0.2, 0) is 23.9 Å². The number of hydrogen-bond acceptors (Lipinski definition) is 5. The molecule has 17 heavy (non-hydrogen) atoms. The molecule has 6 nitrogen and oxygen atoms in total. The number of esters is 2. The summed E-state index contributed by atoms with van der Waals surface area (Å²) < 4.78 is 8.97. The molecule has 0 aliphatic carbocycles. The number of rotatable bonds is 6. The second kappa shape index (κ2) is 7.65. The number of carbonyl (C=O) groups is 3. The highest BCUT2D eigenvalue weighted by molar-refractivity contribution is 5.83. The Kier molecular flexibility index (Phi) is 6.93. The van der Waals surface area contributed by atoms with Gasteiger partial charge in [-0.1, -0.05) is 13.8 Å². The Morgan fingerprint density at radius 3 is 2.00 bits per heavy atom. The molecule has 0 aromatic carbocycles. The zero-order valence-electron chi connectivity index (χ0n) is 10.7. The first-order valence-corrected chi connectivity index (χ1v) is 5.34. The van der Waals surface area contributed by atoms with E-state index in [4.69, 9.17) is 0 Å². The summed E-state index contributed by atoms with van der Waals surface area (Å²) in [6, 6.07) is 0. The number of carbonyl (C=O) groups excluding carboxylic acids is 3. The van der Waals surface area contributed by atoms with Crippen LogP contribution in [-0.4, -0.2) is 50.1 Å². The van der Waals surface area contributed by atoms with Crippen molar-refractivity contribution in [1.82, 2.24) is 4.90 Å². The molecule has 0 N–H and O–H groups in total. The Bertz CT molecular complexity index is 288. The van der Waals surface area contributed by atoms with Gasteiger partial charge in [0.15, 0.2) is 0 Å². The SMILES string of the molecule is COC(=O)CCN(CC(=O)OC)C(=O)C(C)C. The van der Waals surface area contributed by atoms with E-state index in [1.165, 1.54) is 19.1 Å². The van der Waals surface area contributed by atoms with Crippen LogP contribution in [0.15, 0.2) is 0 Å². The molecule has 0 aliphatic rings. The molecule has 6 heteroatoms. The minimum atomic E-state index is -0.510. The van der Waals surface area contributed by atoms with Gasteiger partial charge >= 0.3 is 11.9 Å². The Morgan fingerprint density at radius 2 is 1.59 bits per heavy atom. The fourth-order valence-electron chi connectivity index (χ4n) is 1.18. The van der Waals surface area contributed by atoms with E-state index in [0.29, 0.717) is 0 Å². The van der Waals surface area contributed by atoms with Crippen molar-refractivity contribution in [3.8, 4) is 0 Å². The maximum absolute atomic E-state index is 11.8. The van der Waals surface area contributed by atoms with Crippen molar-refractivity contribution in [3.63, 3.8) is 0 Å². The van der Waals surface area contributed by atoms with Crippen LogP contribution in [0.25, 0.3) is 0 Å². The van der Waals surface area contributed by atoms with Crippen LogP contribution in [0.5, 0.6) is 0 Å². The standard InChI is InChI=1S/C11H19NO5/c1-8(2)11(15)12(7-10(14)17-4)6-5-9(13)16-3/h8H,5-7H2,1-4H3. The number of hydrogen-bond donors (Lipinski definition) is 0. The summed E-state index contributed by atoms with van der Waals surface area (Å²) in [6.07, 6.45) is 0.0615. The van der Waals surface area contributed by atoms with Gasteiger partial charge in [-0.05, 0) is 0 Å². The van der Waals surface area contributed by atoms with Crippen molar-refractivity contribution in [1.29, 1.82) is 0 Å². The molecule has 0 fully saturated rings. The van der Waals surface area contributed by atoms with Crippen LogP contribution in [0, 0.1) is 5.92 Å². The van der Waals surface area contributed by atoms with Crippen molar-refractivity contribution >= 4 is 17.8 Å². The second-order valence-electron chi connectivity index (χ2n) is 3.82. The van der Waals surface area contributed by atoms with Gasteiger partial charge in [0.25, 0.3) is 0 Å². The van der Waals surface area contributed by atoms with E-state index in [9.17, 15) is 14.4 Å². The molecule has 0 radical (unpaired) electrons. The highest BCUT2D eigenvalue weighted by atomic mass is 16.5. The number of nitrogens with zero attached hydrogens (tertiary/aromatic N) is 1. The Hall–Kier alpha value is -1.59. The molecule has 0 unspecified atom stereocenters. The summed E-state index contributed by atoms with van der Waals surface area (Å²) in [5.41, 5.74) is 0. The lowest BCUT2D eigenvalue weighted by atomic mass is 10.2. The van der Waals surface area contributed by atoms with Crippen LogP contribution in [0.2, 0.25) is 0 Å². The Labute approximate surface area is 101 Å². The number of methoxy groups -OCH3 is 2. The van der Waals surface area contributed by atoms with Crippen molar-refractivity contribution < 1.29 is 23.9 Å². The van der Waals surface area contributed by atoms with Crippen molar-refractivity contribution in [3.05, 3.63) is 0 Å². The van der Waals surface area contributed by atoms with Crippen LogP contribution in [0.1, 0.15) is 20.3 Å². The molecular weight excluding hydrogens is 226 g/mol. The zero-order chi connectivity index (χ0) is 13.4. The van der Waals surface area contributed by atoms with Gasteiger partial charge < -0.3 is 14.4 Å². The van der Waals surface area contributed by atoms with Crippen LogP contribution in [0.3, 0.4) is 0 Å². The van der Waals surface area contributed by atoms with Crippen LogP contribution in [0.4, 0.5) is 0 Å². The van der Waals surface area contributed by atoms with Crippen molar-refractivity contribution in [2.45, 2.75) is 20.3 Å². The minimum absolute atomic E-state index is 0.0615. The predicted octanol–water partition coefficient (Wildman–Crippen LogP) is 0.207. The second-order valence-corrected chi connectivity index (χ2v) is 3.82. The third-order valence-electron chi connectivity index (χ3n) is 2.17.